The van der Waals surface area contributed by atoms with E-state index < -0.39 is 30.0 Å². The molecule has 0 saturated carbocycles. The average Bonchev–Trinajstić information content (AvgIpc) is 2.71. The molecule has 2 heterocycles. The third-order valence-corrected chi connectivity index (χ3v) is 4.92. The molecule has 0 bridgehead atoms. The Balaban J connectivity index is 1.89. The molecule has 0 radical (unpaired) electrons. The first-order valence-electron chi connectivity index (χ1n) is 9.08. The van der Waals surface area contributed by atoms with Crippen LogP contribution in [0.3, 0.4) is 0 Å². The van der Waals surface area contributed by atoms with Crippen molar-refractivity contribution in [1.29, 1.82) is 0 Å². The van der Waals surface area contributed by atoms with Gasteiger partial charge in [-0.3, -0.25) is 4.79 Å². The van der Waals surface area contributed by atoms with Crippen molar-refractivity contribution in [2.24, 2.45) is 0 Å². The van der Waals surface area contributed by atoms with E-state index in [1.165, 1.54) is 0 Å². The lowest BCUT2D eigenvalue weighted by molar-refractivity contribution is -0.120. The van der Waals surface area contributed by atoms with Crippen molar-refractivity contribution in [3.63, 3.8) is 0 Å². The lowest BCUT2D eigenvalue weighted by Gasteiger charge is -2.32. The van der Waals surface area contributed by atoms with Crippen molar-refractivity contribution in [3.05, 3.63) is 11.5 Å². The van der Waals surface area contributed by atoms with E-state index in [2.05, 4.69) is 10.6 Å². The highest BCUT2D eigenvalue weighted by molar-refractivity contribution is 6.54. The largest absolute Gasteiger partial charge is 0.490 e. The van der Waals surface area contributed by atoms with E-state index in [-0.39, 0.29) is 18.4 Å². The Morgan fingerprint density at radius 3 is 2.38 bits per heavy atom. The number of alkyl carbamates (subject to hydrolysis) is 1. The number of nitrogens with one attached hydrogen (secondary N) is 2. The van der Waals surface area contributed by atoms with Gasteiger partial charge in [0.15, 0.2) is 5.78 Å². The van der Waals surface area contributed by atoms with Crippen LogP contribution in [0, 0.1) is 0 Å². The maximum Gasteiger partial charge on any atom is 0.490 e. The average molecular weight is 366 g/mol. The van der Waals surface area contributed by atoms with Gasteiger partial charge in [0.2, 0.25) is 0 Å². The summed E-state index contributed by atoms with van der Waals surface area (Å²) in [6.07, 6.45) is 1.90. The fraction of sp³-hybridized carbons (Fsp3) is 0.778. The summed E-state index contributed by atoms with van der Waals surface area (Å²) in [5.74, 6) is -0.0991. The zero-order valence-corrected chi connectivity index (χ0v) is 16.9. The van der Waals surface area contributed by atoms with Gasteiger partial charge in [-0.1, -0.05) is 6.08 Å². The van der Waals surface area contributed by atoms with Crippen LogP contribution in [0.25, 0.3) is 0 Å². The van der Waals surface area contributed by atoms with Gasteiger partial charge in [-0.15, -0.1) is 0 Å². The zero-order chi connectivity index (χ0) is 19.8. The summed E-state index contributed by atoms with van der Waals surface area (Å²) in [5, 5.41) is 5.67. The summed E-state index contributed by atoms with van der Waals surface area (Å²) in [5.41, 5.74) is -0.469. The topological polar surface area (TPSA) is 85.9 Å². The second-order valence-electron chi connectivity index (χ2n) is 8.85. The Labute approximate surface area is 156 Å². The first-order valence-corrected chi connectivity index (χ1v) is 9.08. The molecule has 2 rings (SSSR count). The summed E-state index contributed by atoms with van der Waals surface area (Å²) < 4.78 is 17.3. The van der Waals surface area contributed by atoms with E-state index in [9.17, 15) is 9.59 Å². The Bertz CT molecular complexity index is 579. The second kappa shape index (κ2) is 7.33. The third-order valence-electron chi connectivity index (χ3n) is 4.92. The van der Waals surface area contributed by atoms with Gasteiger partial charge in [-0.25, -0.2) is 4.79 Å². The van der Waals surface area contributed by atoms with Crippen molar-refractivity contribution in [3.8, 4) is 0 Å². The summed E-state index contributed by atoms with van der Waals surface area (Å²) >= 11 is 0. The van der Waals surface area contributed by atoms with Crippen molar-refractivity contribution >= 4 is 19.0 Å². The fourth-order valence-corrected chi connectivity index (χ4v) is 2.73. The molecular weight excluding hydrogens is 335 g/mol. The van der Waals surface area contributed by atoms with Crippen LogP contribution in [0.1, 0.15) is 54.9 Å². The van der Waals surface area contributed by atoms with Crippen LogP contribution in [0.4, 0.5) is 4.79 Å². The predicted molar refractivity (Wildman–Crippen MR) is 99.8 cm³/mol. The molecule has 7 nitrogen and oxygen atoms in total. The number of ketones is 1. The number of Topliss-reactive ketones (excluding diaryl/α,β-unsaturated/α-hetero) is 1. The molecule has 26 heavy (non-hydrogen) atoms. The van der Waals surface area contributed by atoms with Crippen molar-refractivity contribution < 1.29 is 23.6 Å². The van der Waals surface area contributed by atoms with Gasteiger partial charge in [-0.2, -0.15) is 0 Å². The van der Waals surface area contributed by atoms with Gasteiger partial charge in [0.1, 0.15) is 5.60 Å². The third kappa shape index (κ3) is 5.08. The number of carbonyl (C=O) groups is 2. The molecule has 0 spiro atoms. The number of ether oxygens (including phenoxy) is 1. The first kappa shape index (κ1) is 20.9. The maximum atomic E-state index is 12.4. The van der Waals surface area contributed by atoms with Crippen LogP contribution < -0.4 is 10.6 Å². The molecule has 1 unspecified atom stereocenters. The van der Waals surface area contributed by atoms with Gasteiger partial charge in [0.05, 0.1) is 23.8 Å². The maximum absolute atomic E-state index is 12.4. The number of carbonyl (C=O) groups excluding carboxylic acids is 2. The van der Waals surface area contributed by atoms with Crippen LogP contribution in [0.5, 0.6) is 0 Å². The monoisotopic (exact) mass is 366 g/mol. The van der Waals surface area contributed by atoms with Gasteiger partial charge in [0, 0.05) is 6.54 Å². The van der Waals surface area contributed by atoms with E-state index in [0.717, 1.165) is 5.47 Å². The molecule has 8 heteroatoms. The van der Waals surface area contributed by atoms with E-state index in [1.54, 1.807) is 20.8 Å². The van der Waals surface area contributed by atoms with Crippen LogP contribution >= 0.6 is 0 Å². The van der Waals surface area contributed by atoms with E-state index in [4.69, 9.17) is 14.0 Å². The summed E-state index contributed by atoms with van der Waals surface area (Å²) in [4.78, 5) is 24.1. The second-order valence-corrected chi connectivity index (χ2v) is 8.85. The van der Waals surface area contributed by atoms with Crippen molar-refractivity contribution in [2.75, 3.05) is 13.1 Å². The summed E-state index contributed by atoms with van der Waals surface area (Å²) in [6, 6.07) is -0.385. The quantitative estimate of drug-likeness (QED) is 0.741. The van der Waals surface area contributed by atoms with E-state index in [1.807, 2.05) is 33.8 Å². The lowest BCUT2D eigenvalue weighted by Crippen LogP contribution is -2.47. The molecule has 1 atom stereocenters. The highest BCUT2D eigenvalue weighted by Gasteiger charge is 2.52. The SMILES string of the molecule is CC(C)(C)OC(=O)NCC(=O)C1CC(B2OC(C)(C)C(C)(C)O2)=CCN1. The number of hydrogen-bond donors (Lipinski definition) is 2. The molecule has 1 fully saturated rings. The highest BCUT2D eigenvalue weighted by Crippen LogP contribution is 2.39. The lowest BCUT2D eigenvalue weighted by atomic mass is 9.73. The van der Waals surface area contributed by atoms with Gasteiger partial charge in [0.25, 0.3) is 0 Å². The van der Waals surface area contributed by atoms with Gasteiger partial charge < -0.3 is 24.7 Å². The van der Waals surface area contributed by atoms with Crippen LogP contribution in [0.2, 0.25) is 0 Å². The molecule has 1 saturated heterocycles. The van der Waals surface area contributed by atoms with Crippen LogP contribution in [-0.4, -0.2) is 54.9 Å². The van der Waals surface area contributed by atoms with Gasteiger partial charge in [-0.05, 0) is 60.4 Å². The van der Waals surface area contributed by atoms with Crippen molar-refractivity contribution in [1.82, 2.24) is 10.6 Å². The molecule has 2 aliphatic rings. The number of amides is 1. The smallest absolute Gasteiger partial charge is 0.444 e. The highest BCUT2D eigenvalue weighted by atomic mass is 16.7. The summed E-state index contributed by atoms with van der Waals surface area (Å²) in [6.45, 7) is 13.8. The fourth-order valence-electron chi connectivity index (χ4n) is 2.73. The Kier molecular flexibility index (Phi) is 5.90. The number of hydrogen-bond acceptors (Lipinski definition) is 6. The molecule has 0 aliphatic carbocycles. The summed E-state index contributed by atoms with van der Waals surface area (Å²) in [7, 11) is -0.448. The normalized spacial score (nSPS) is 24.8. The van der Waals surface area contributed by atoms with E-state index in [0.29, 0.717) is 13.0 Å². The minimum atomic E-state index is -0.594. The molecule has 2 N–H and O–H groups in total. The Morgan fingerprint density at radius 1 is 1.27 bits per heavy atom. The number of rotatable bonds is 4. The van der Waals surface area contributed by atoms with Crippen LogP contribution in [0.15, 0.2) is 11.5 Å². The van der Waals surface area contributed by atoms with Gasteiger partial charge >= 0.3 is 13.2 Å². The molecule has 0 aromatic heterocycles. The standard InChI is InChI=1S/C18H31BN2O5/c1-16(2,3)24-15(23)21-11-14(22)13-10-12(8-9-20-13)19-25-17(4,5)18(6,7)26-19/h8,13,20H,9-11H2,1-7H3,(H,21,23). The molecule has 0 aromatic carbocycles. The predicted octanol–water partition coefficient (Wildman–Crippen LogP) is 2.00. The minimum Gasteiger partial charge on any atom is -0.444 e. The van der Waals surface area contributed by atoms with Crippen LogP contribution in [-0.2, 0) is 18.8 Å². The first-order chi connectivity index (χ1) is 11.8. The van der Waals surface area contributed by atoms with Crippen molar-refractivity contribution in [2.45, 2.75) is 77.7 Å². The molecule has 0 aromatic rings. The Hall–Kier alpha value is -1.38. The molecule has 146 valence electrons. The van der Waals surface area contributed by atoms with E-state index >= 15 is 0 Å². The Morgan fingerprint density at radius 2 is 1.85 bits per heavy atom. The minimum absolute atomic E-state index is 0.0801. The molecule has 2 aliphatic heterocycles. The molecular formula is C18H31BN2O5. The molecule has 1 amide bonds. The zero-order valence-electron chi connectivity index (χ0n) is 16.9.